The predicted molar refractivity (Wildman–Crippen MR) is 50.5 cm³/mol. The standard InChI is InChI=1S/C9H9ClFNO2/c1-12(14-2)9(13)6-3-4-7(10)8(11)5-6/h3-5H,1-2H3. The number of hydrogen-bond acceptors (Lipinski definition) is 2. The van der Waals surface area contributed by atoms with Crippen LogP contribution < -0.4 is 0 Å². The smallest absolute Gasteiger partial charge is 0.274 e. The maximum absolute atomic E-state index is 13.0. The SMILES string of the molecule is CON(C)C(=O)c1ccc(Cl)c(F)c1. The molecule has 3 nitrogen and oxygen atoms in total. The molecule has 1 rings (SSSR count). The van der Waals surface area contributed by atoms with Gasteiger partial charge in [-0.2, -0.15) is 0 Å². The van der Waals surface area contributed by atoms with Crippen LogP contribution in [0.2, 0.25) is 5.02 Å². The number of carbonyl (C=O) groups excluding carboxylic acids is 1. The first kappa shape index (κ1) is 10.9. The fourth-order valence-corrected chi connectivity index (χ4v) is 1.01. The van der Waals surface area contributed by atoms with Crippen molar-refractivity contribution in [3.05, 3.63) is 34.6 Å². The van der Waals surface area contributed by atoms with Crippen molar-refractivity contribution in [2.45, 2.75) is 0 Å². The largest absolute Gasteiger partial charge is 0.277 e. The Bertz CT molecular complexity index is 357. The molecule has 0 aliphatic heterocycles. The second-order valence-electron chi connectivity index (χ2n) is 2.61. The molecule has 0 radical (unpaired) electrons. The monoisotopic (exact) mass is 217 g/mol. The van der Waals surface area contributed by atoms with Crippen molar-refractivity contribution in [1.82, 2.24) is 5.06 Å². The summed E-state index contributed by atoms with van der Waals surface area (Å²) in [6.45, 7) is 0. The number of benzene rings is 1. The maximum Gasteiger partial charge on any atom is 0.277 e. The van der Waals surface area contributed by atoms with Crippen molar-refractivity contribution in [2.24, 2.45) is 0 Å². The Balaban J connectivity index is 2.97. The van der Waals surface area contributed by atoms with E-state index in [1.54, 1.807) is 0 Å². The van der Waals surface area contributed by atoms with Gasteiger partial charge in [0, 0.05) is 12.6 Å². The van der Waals surface area contributed by atoms with Gasteiger partial charge in [0.2, 0.25) is 0 Å². The van der Waals surface area contributed by atoms with Crippen LogP contribution in [0.1, 0.15) is 10.4 Å². The Labute approximate surface area is 86.0 Å². The number of carbonyl (C=O) groups is 1. The molecule has 76 valence electrons. The van der Waals surface area contributed by atoms with Crippen LogP contribution in [0.5, 0.6) is 0 Å². The van der Waals surface area contributed by atoms with Gasteiger partial charge >= 0.3 is 0 Å². The molecule has 0 spiro atoms. The minimum atomic E-state index is -0.623. The molecular formula is C9H9ClFNO2. The first-order valence-electron chi connectivity index (χ1n) is 3.83. The Hall–Kier alpha value is -1.13. The Morgan fingerprint density at radius 1 is 1.57 bits per heavy atom. The van der Waals surface area contributed by atoms with Gasteiger partial charge in [0.05, 0.1) is 12.1 Å². The minimum Gasteiger partial charge on any atom is -0.274 e. The summed E-state index contributed by atoms with van der Waals surface area (Å²) in [7, 11) is 2.79. The van der Waals surface area contributed by atoms with Crippen LogP contribution in [0.3, 0.4) is 0 Å². The van der Waals surface area contributed by atoms with Crippen LogP contribution in [-0.2, 0) is 4.84 Å². The van der Waals surface area contributed by atoms with E-state index in [1.807, 2.05) is 0 Å². The van der Waals surface area contributed by atoms with E-state index in [4.69, 9.17) is 11.6 Å². The highest BCUT2D eigenvalue weighted by Gasteiger charge is 2.12. The van der Waals surface area contributed by atoms with Crippen LogP contribution in [0.25, 0.3) is 0 Å². The zero-order valence-corrected chi connectivity index (χ0v) is 8.51. The van der Waals surface area contributed by atoms with Crippen molar-refractivity contribution in [2.75, 3.05) is 14.2 Å². The first-order valence-corrected chi connectivity index (χ1v) is 4.21. The highest BCUT2D eigenvalue weighted by Crippen LogP contribution is 2.16. The molecular weight excluding hydrogens is 209 g/mol. The van der Waals surface area contributed by atoms with E-state index in [1.165, 1.54) is 26.3 Å². The van der Waals surface area contributed by atoms with Crippen molar-refractivity contribution in [3.8, 4) is 0 Å². The van der Waals surface area contributed by atoms with E-state index in [2.05, 4.69) is 4.84 Å². The number of halogens is 2. The molecule has 0 N–H and O–H groups in total. The summed E-state index contributed by atoms with van der Waals surface area (Å²) >= 11 is 5.47. The van der Waals surface area contributed by atoms with Gasteiger partial charge in [-0.1, -0.05) is 11.6 Å². The third kappa shape index (κ3) is 2.21. The number of hydroxylamine groups is 2. The maximum atomic E-state index is 13.0. The van der Waals surface area contributed by atoms with E-state index < -0.39 is 11.7 Å². The zero-order chi connectivity index (χ0) is 10.7. The molecule has 0 saturated carbocycles. The van der Waals surface area contributed by atoms with Gasteiger partial charge in [0.25, 0.3) is 5.91 Å². The van der Waals surface area contributed by atoms with Crippen LogP contribution in [0.15, 0.2) is 18.2 Å². The summed E-state index contributed by atoms with van der Waals surface area (Å²) in [5.74, 6) is -1.05. The van der Waals surface area contributed by atoms with Crippen LogP contribution >= 0.6 is 11.6 Å². The number of hydrogen-bond donors (Lipinski definition) is 0. The normalized spacial score (nSPS) is 10.0. The van der Waals surface area contributed by atoms with Gasteiger partial charge in [0.1, 0.15) is 5.82 Å². The molecule has 0 aromatic heterocycles. The second kappa shape index (κ2) is 4.39. The highest BCUT2D eigenvalue weighted by atomic mass is 35.5. The van der Waals surface area contributed by atoms with Crippen LogP contribution in [0.4, 0.5) is 4.39 Å². The second-order valence-corrected chi connectivity index (χ2v) is 3.02. The van der Waals surface area contributed by atoms with Crippen molar-refractivity contribution in [3.63, 3.8) is 0 Å². The Kier molecular flexibility index (Phi) is 3.43. The van der Waals surface area contributed by atoms with Gasteiger partial charge in [0.15, 0.2) is 0 Å². The molecule has 1 amide bonds. The van der Waals surface area contributed by atoms with E-state index in [9.17, 15) is 9.18 Å². The quantitative estimate of drug-likeness (QED) is 0.711. The molecule has 0 atom stereocenters. The van der Waals surface area contributed by atoms with Crippen molar-refractivity contribution < 1.29 is 14.0 Å². The third-order valence-electron chi connectivity index (χ3n) is 1.73. The average molecular weight is 218 g/mol. The molecule has 0 heterocycles. The first-order chi connectivity index (χ1) is 6.56. The lowest BCUT2D eigenvalue weighted by Crippen LogP contribution is -2.25. The van der Waals surface area contributed by atoms with E-state index in [0.29, 0.717) is 0 Å². The summed E-state index contributed by atoms with van der Waals surface area (Å²) in [5, 5.41) is 0.990. The molecule has 0 aliphatic carbocycles. The molecule has 1 aromatic rings. The van der Waals surface area contributed by atoms with Gasteiger partial charge in [-0.3, -0.25) is 9.63 Å². The van der Waals surface area contributed by atoms with Gasteiger partial charge in [-0.15, -0.1) is 0 Å². The molecule has 1 aromatic carbocycles. The highest BCUT2D eigenvalue weighted by molar-refractivity contribution is 6.30. The van der Waals surface area contributed by atoms with E-state index in [0.717, 1.165) is 11.1 Å². The topological polar surface area (TPSA) is 29.5 Å². The molecule has 0 saturated heterocycles. The minimum absolute atomic E-state index is 0.0124. The molecule has 14 heavy (non-hydrogen) atoms. The summed E-state index contributed by atoms with van der Waals surface area (Å²) in [5.41, 5.74) is 0.191. The third-order valence-corrected chi connectivity index (χ3v) is 2.03. The lowest BCUT2D eigenvalue weighted by atomic mass is 10.2. The Morgan fingerprint density at radius 3 is 2.71 bits per heavy atom. The van der Waals surface area contributed by atoms with Crippen LogP contribution in [0, 0.1) is 5.82 Å². The van der Waals surface area contributed by atoms with E-state index in [-0.39, 0.29) is 10.6 Å². The zero-order valence-electron chi connectivity index (χ0n) is 7.75. The molecule has 0 aliphatic rings. The van der Waals surface area contributed by atoms with Gasteiger partial charge < -0.3 is 0 Å². The molecule has 0 fully saturated rings. The number of amides is 1. The molecule has 0 unspecified atom stereocenters. The molecule has 0 bridgehead atoms. The predicted octanol–water partition coefficient (Wildman–Crippen LogP) is 2.11. The Morgan fingerprint density at radius 2 is 2.21 bits per heavy atom. The lowest BCUT2D eigenvalue weighted by Gasteiger charge is -2.13. The van der Waals surface area contributed by atoms with Crippen molar-refractivity contribution >= 4 is 17.5 Å². The van der Waals surface area contributed by atoms with Crippen LogP contribution in [-0.4, -0.2) is 25.1 Å². The fraction of sp³-hybridized carbons (Fsp3) is 0.222. The van der Waals surface area contributed by atoms with E-state index >= 15 is 0 Å². The fourth-order valence-electron chi connectivity index (χ4n) is 0.894. The summed E-state index contributed by atoms with van der Waals surface area (Å²) in [6, 6.07) is 3.83. The average Bonchev–Trinajstić information content (AvgIpc) is 2.20. The number of nitrogens with zero attached hydrogens (tertiary/aromatic N) is 1. The lowest BCUT2D eigenvalue weighted by molar-refractivity contribution is -0.0757. The van der Waals surface area contributed by atoms with Gasteiger partial charge in [-0.05, 0) is 18.2 Å². The van der Waals surface area contributed by atoms with Crippen molar-refractivity contribution in [1.29, 1.82) is 0 Å². The summed E-state index contributed by atoms with van der Waals surface area (Å²) in [6.07, 6.45) is 0. The molecule has 5 heteroatoms. The summed E-state index contributed by atoms with van der Waals surface area (Å²) < 4.78 is 13.0. The van der Waals surface area contributed by atoms with Gasteiger partial charge in [-0.25, -0.2) is 9.45 Å². The summed E-state index contributed by atoms with van der Waals surface area (Å²) in [4.78, 5) is 16.1. The number of rotatable bonds is 2.